The highest BCUT2D eigenvalue weighted by molar-refractivity contribution is 7.88. The van der Waals surface area contributed by atoms with E-state index < -0.39 is 10.0 Å². The molecule has 1 heterocycles. The van der Waals surface area contributed by atoms with Gasteiger partial charge in [0.2, 0.25) is 10.0 Å². The molecule has 0 unspecified atom stereocenters. The first-order valence-corrected chi connectivity index (χ1v) is 5.66. The molecule has 0 amide bonds. The third-order valence-electron chi connectivity index (χ3n) is 1.22. The van der Waals surface area contributed by atoms with Gasteiger partial charge in [0.05, 0.1) is 10.8 Å². The van der Waals surface area contributed by atoms with Crippen molar-refractivity contribution in [1.29, 1.82) is 0 Å². The van der Waals surface area contributed by atoms with Crippen LogP contribution in [0.25, 0.3) is 0 Å². The van der Waals surface area contributed by atoms with Gasteiger partial charge in [-0.1, -0.05) is 23.2 Å². The van der Waals surface area contributed by atoms with Gasteiger partial charge in [-0.25, -0.2) is 18.5 Å². The Bertz CT molecular complexity index is 419. The molecule has 0 spiro atoms. The molecule has 1 rings (SSSR count). The lowest BCUT2D eigenvalue weighted by molar-refractivity contribution is 0.597. The molecular formula is C6H6Cl2N2O2S. The SMILES string of the molecule is NS(=O)(=O)Cc1cnc(Cl)c(Cl)c1. The minimum absolute atomic E-state index is 0.139. The van der Waals surface area contributed by atoms with E-state index in [9.17, 15) is 8.42 Å². The van der Waals surface area contributed by atoms with Gasteiger partial charge in [-0.2, -0.15) is 0 Å². The number of pyridine rings is 1. The Morgan fingerprint density at radius 3 is 2.54 bits per heavy atom. The Balaban J connectivity index is 2.99. The molecule has 0 radical (unpaired) electrons. The molecule has 0 fully saturated rings. The van der Waals surface area contributed by atoms with E-state index in [1.54, 1.807) is 0 Å². The van der Waals surface area contributed by atoms with Crippen LogP contribution in [0.4, 0.5) is 0 Å². The van der Waals surface area contributed by atoms with Crippen molar-refractivity contribution in [3.63, 3.8) is 0 Å². The third kappa shape index (κ3) is 3.48. The Labute approximate surface area is 85.7 Å². The van der Waals surface area contributed by atoms with E-state index in [0.29, 0.717) is 5.56 Å². The van der Waals surface area contributed by atoms with Crippen molar-refractivity contribution in [2.45, 2.75) is 5.75 Å². The molecule has 1 aromatic heterocycles. The topological polar surface area (TPSA) is 73.1 Å². The first-order chi connectivity index (χ1) is 5.88. The largest absolute Gasteiger partial charge is 0.243 e. The van der Waals surface area contributed by atoms with E-state index in [0.717, 1.165) is 0 Å². The standard InChI is InChI=1S/C6H6Cl2N2O2S/c7-5-1-4(2-10-6(5)8)3-13(9,11)12/h1-2H,3H2,(H2,9,11,12). The Morgan fingerprint density at radius 2 is 2.08 bits per heavy atom. The van der Waals surface area contributed by atoms with Crippen LogP contribution < -0.4 is 5.14 Å². The average Bonchev–Trinajstić information content (AvgIpc) is 1.94. The van der Waals surface area contributed by atoms with Gasteiger partial charge in [0.15, 0.2) is 0 Å². The van der Waals surface area contributed by atoms with Gasteiger partial charge in [0.25, 0.3) is 0 Å². The van der Waals surface area contributed by atoms with Gasteiger partial charge >= 0.3 is 0 Å². The number of primary sulfonamides is 1. The number of halogens is 2. The number of sulfonamides is 1. The van der Waals surface area contributed by atoms with Crippen LogP contribution in [0, 0.1) is 0 Å². The van der Waals surface area contributed by atoms with Crippen molar-refractivity contribution in [2.75, 3.05) is 0 Å². The summed E-state index contributed by atoms with van der Waals surface area (Å²) in [5, 5.41) is 5.17. The summed E-state index contributed by atoms with van der Waals surface area (Å²) in [4.78, 5) is 3.68. The lowest BCUT2D eigenvalue weighted by Gasteiger charge is -1.99. The maximum atomic E-state index is 10.7. The molecule has 72 valence electrons. The minimum atomic E-state index is -3.55. The second kappa shape index (κ2) is 3.79. The van der Waals surface area contributed by atoms with Gasteiger partial charge < -0.3 is 0 Å². The second-order valence-corrected chi connectivity index (χ2v) is 4.80. The normalized spacial score (nSPS) is 11.6. The fourth-order valence-electron chi connectivity index (χ4n) is 0.772. The summed E-state index contributed by atoms with van der Waals surface area (Å²) in [6.07, 6.45) is 1.32. The van der Waals surface area contributed by atoms with E-state index in [-0.39, 0.29) is 15.9 Å². The first-order valence-electron chi connectivity index (χ1n) is 3.19. The van der Waals surface area contributed by atoms with Crippen molar-refractivity contribution < 1.29 is 8.42 Å². The first kappa shape index (κ1) is 10.7. The van der Waals surface area contributed by atoms with E-state index >= 15 is 0 Å². The van der Waals surface area contributed by atoms with Crippen LogP contribution in [-0.2, 0) is 15.8 Å². The summed E-state index contributed by atoms with van der Waals surface area (Å²) >= 11 is 11.1. The van der Waals surface area contributed by atoms with E-state index in [2.05, 4.69) is 4.98 Å². The van der Waals surface area contributed by atoms with Crippen molar-refractivity contribution in [3.8, 4) is 0 Å². The highest BCUT2D eigenvalue weighted by atomic mass is 35.5. The smallest absolute Gasteiger partial charge is 0.213 e. The molecule has 0 aromatic carbocycles. The summed E-state index contributed by atoms with van der Waals surface area (Å²) in [5.41, 5.74) is 0.414. The second-order valence-electron chi connectivity index (χ2n) is 2.42. The monoisotopic (exact) mass is 240 g/mol. The van der Waals surface area contributed by atoms with Crippen LogP contribution in [0.1, 0.15) is 5.56 Å². The molecule has 0 saturated carbocycles. The quantitative estimate of drug-likeness (QED) is 0.790. The van der Waals surface area contributed by atoms with Gasteiger partial charge in [0, 0.05) is 6.20 Å². The van der Waals surface area contributed by atoms with E-state index in [1.165, 1.54) is 12.3 Å². The number of hydrogen-bond acceptors (Lipinski definition) is 3. The fourth-order valence-corrected chi connectivity index (χ4v) is 1.69. The zero-order valence-corrected chi connectivity index (χ0v) is 8.70. The maximum absolute atomic E-state index is 10.7. The minimum Gasteiger partial charge on any atom is -0.243 e. The van der Waals surface area contributed by atoms with E-state index in [4.69, 9.17) is 28.3 Å². The lowest BCUT2D eigenvalue weighted by atomic mass is 10.3. The van der Waals surface area contributed by atoms with Gasteiger partial charge in [-0.05, 0) is 11.6 Å². The zero-order chi connectivity index (χ0) is 10.1. The molecule has 7 heteroatoms. The Hall–Kier alpha value is -0.360. The summed E-state index contributed by atoms with van der Waals surface area (Å²) in [6, 6.07) is 1.42. The van der Waals surface area contributed by atoms with Crippen LogP contribution in [0.5, 0.6) is 0 Å². The maximum Gasteiger partial charge on any atom is 0.213 e. The number of nitrogens with zero attached hydrogens (tertiary/aromatic N) is 1. The molecule has 0 bridgehead atoms. The highest BCUT2D eigenvalue weighted by Gasteiger charge is 2.07. The van der Waals surface area contributed by atoms with Crippen LogP contribution in [0.15, 0.2) is 12.3 Å². The molecule has 2 N–H and O–H groups in total. The number of aromatic nitrogens is 1. The summed E-state index contributed by atoms with van der Waals surface area (Å²) < 4.78 is 21.3. The van der Waals surface area contributed by atoms with Crippen molar-refractivity contribution in [3.05, 3.63) is 28.0 Å². The van der Waals surface area contributed by atoms with Crippen LogP contribution in [-0.4, -0.2) is 13.4 Å². The average molecular weight is 241 g/mol. The Morgan fingerprint density at radius 1 is 1.46 bits per heavy atom. The van der Waals surface area contributed by atoms with Crippen molar-refractivity contribution in [2.24, 2.45) is 5.14 Å². The lowest BCUT2D eigenvalue weighted by Crippen LogP contribution is -2.14. The van der Waals surface area contributed by atoms with E-state index in [1.807, 2.05) is 0 Å². The fraction of sp³-hybridized carbons (Fsp3) is 0.167. The predicted octanol–water partition coefficient (Wildman–Crippen LogP) is 1.18. The predicted molar refractivity (Wildman–Crippen MR) is 51.1 cm³/mol. The van der Waals surface area contributed by atoms with Gasteiger partial charge in [-0.15, -0.1) is 0 Å². The number of nitrogens with two attached hydrogens (primary N) is 1. The van der Waals surface area contributed by atoms with Crippen molar-refractivity contribution in [1.82, 2.24) is 4.98 Å². The van der Waals surface area contributed by atoms with Crippen molar-refractivity contribution >= 4 is 33.2 Å². The number of hydrogen-bond donors (Lipinski definition) is 1. The van der Waals surface area contributed by atoms with Gasteiger partial charge in [0.1, 0.15) is 5.15 Å². The summed E-state index contributed by atoms with van der Waals surface area (Å²) in [6.45, 7) is 0. The molecule has 0 saturated heterocycles. The molecule has 13 heavy (non-hydrogen) atoms. The molecular weight excluding hydrogens is 235 g/mol. The highest BCUT2D eigenvalue weighted by Crippen LogP contribution is 2.20. The van der Waals surface area contributed by atoms with Crippen LogP contribution >= 0.6 is 23.2 Å². The molecule has 0 atom stereocenters. The molecule has 0 aliphatic heterocycles. The van der Waals surface area contributed by atoms with Crippen LogP contribution in [0.2, 0.25) is 10.2 Å². The molecule has 1 aromatic rings. The van der Waals surface area contributed by atoms with Gasteiger partial charge in [-0.3, -0.25) is 0 Å². The molecule has 0 aliphatic carbocycles. The third-order valence-corrected chi connectivity index (χ3v) is 2.64. The zero-order valence-electron chi connectivity index (χ0n) is 6.37. The summed E-state index contributed by atoms with van der Waals surface area (Å²) in [5.74, 6) is -0.295. The van der Waals surface area contributed by atoms with Crippen LogP contribution in [0.3, 0.4) is 0 Å². The molecule has 0 aliphatic rings. The number of rotatable bonds is 2. The summed E-state index contributed by atoms with van der Waals surface area (Å²) in [7, 11) is -3.55. The Kier molecular flexibility index (Phi) is 3.13. The molecule has 4 nitrogen and oxygen atoms in total.